The van der Waals surface area contributed by atoms with E-state index in [2.05, 4.69) is 10.6 Å². The largest absolute Gasteiger partial charge is 0.478 e. The second-order valence-electron chi connectivity index (χ2n) is 5.22. The van der Waals surface area contributed by atoms with Crippen molar-refractivity contribution in [2.45, 2.75) is 25.0 Å². The van der Waals surface area contributed by atoms with Crippen LogP contribution in [0.2, 0.25) is 0 Å². The maximum Gasteiger partial charge on any atom is 0.328 e. The van der Waals surface area contributed by atoms with Crippen molar-refractivity contribution in [3.63, 3.8) is 0 Å². The van der Waals surface area contributed by atoms with E-state index in [0.29, 0.717) is 23.6 Å². The van der Waals surface area contributed by atoms with Crippen molar-refractivity contribution in [2.75, 3.05) is 24.4 Å². The van der Waals surface area contributed by atoms with Crippen LogP contribution >= 0.6 is 11.8 Å². The van der Waals surface area contributed by atoms with Crippen LogP contribution in [0.25, 0.3) is 0 Å². The highest BCUT2D eigenvalue weighted by atomic mass is 32.2. The van der Waals surface area contributed by atoms with E-state index < -0.39 is 24.0 Å². The number of methoxy groups -OCH3 is 1. The van der Waals surface area contributed by atoms with E-state index in [9.17, 15) is 14.4 Å². The molecule has 2 N–H and O–H groups in total. The minimum absolute atomic E-state index is 0.174. The van der Waals surface area contributed by atoms with Gasteiger partial charge in [0.15, 0.2) is 6.10 Å². The summed E-state index contributed by atoms with van der Waals surface area (Å²) >= 11 is 1.57. The molecule has 0 saturated carbocycles. The van der Waals surface area contributed by atoms with Gasteiger partial charge in [-0.2, -0.15) is 11.8 Å². The number of hydrogen-bond acceptors (Lipinski definition) is 6. The summed E-state index contributed by atoms with van der Waals surface area (Å²) in [5.41, 5.74) is 0.576. The third kappa shape index (κ3) is 4.64. The van der Waals surface area contributed by atoms with Crippen LogP contribution in [0.5, 0.6) is 5.75 Å². The molecule has 0 unspecified atom stereocenters. The zero-order valence-electron chi connectivity index (χ0n) is 13.5. The predicted octanol–water partition coefficient (Wildman–Crippen LogP) is 1.19. The molecule has 2 rings (SSSR count). The fourth-order valence-electron chi connectivity index (χ4n) is 2.28. The highest BCUT2D eigenvalue weighted by Crippen LogP contribution is 2.29. The number of ether oxygens (including phenoxy) is 2. The molecule has 1 aromatic carbocycles. The molecular weight excluding hydrogens is 332 g/mol. The number of esters is 1. The molecule has 0 aliphatic carbocycles. The SMILES string of the molecule is COC(=O)[C@@H](CCSC)NC(=O)C[C@@H]1Oc2ccccc2NC1=O. The summed E-state index contributed by atoms with van der Waals surface area (Å²) in [5.74, 6) is -0.111. The lowest BCUT2D eigenvalue weighted by Gasteiger charge is -2.26. The van der Waals surface area contributed by atoms with Gasteiger partial charge in [0.05, 0.1) is 19.2 Å². The molecule has 0 fully saturated rings. The van der Waals surface area contributed by atoms with Gasteiger partial charge in [-0.05, 0) is 30.6 Å². The number of carbonyl (C=O) groups is 3. The van der Waals surface area contributed by atoms with Gasteiger partial charge in [0, 0.05) is 0 Å². The summed E-state index contributed by atoms with van der Waals surface area (Å²) < 4.78 is 10.3. The van der Waals surface area contributed by atoms with Crippen molar-refractivity contribution in [3.05, 3.63) is 24.3 Å². The lowest BCUT2D eigenvalue weighted by atomic mass is 10.1. The van der Waals surface area contributed by atoms with Crippen LogP contribution in [0.3, 0.4) is 0 Å². The number of nitrogens with one attached hydrogen (secondary N) is 2. The molecule has 1 aliphatic heterocycles. The molecule has 130 valence electrons. The quantitative estimate of drug-likeness (QED) is 0.716. The number of anilines is 1. The molecule has 1 aliphatic rings. The Hall–Kier alpha value is -2.22. The number of benzene rings is 1. The van der Waals surface area contributed by atoms with E-state index in [-0.39, 0.29) is 12.3 Å². The summed E-state index contributed by atoms with van der Waals surface area (Å²) in [6.45, 7) is 0. The van der Waals surface area contributed by atoms with Crippen LogP contribution < -0.4 is 15.4 Å². The maximum absolute atomic E-state index is 12.2. The van der Waals surface area contributed by atoms with Gasteiger partial charge in [-0.1, -0.05) is 12.1 Å². The fourth-order valence-corrected chi connectivity index (χ4v) is 2.75. The number of para-hydroxylation sites is 2. The average molecular weight is 352 g/mol. The van der Waals surface area contributed by atoms with E-state index in [4.69, 9.17) is 9.47 Å². The molecule has 7 nitrogen and oxygen atoms in total. The zero-order valence-corrected chi connectivity index (χ0v) is 14.4. The first-order valence-electron chi connectivity index (χ1n) is 7.47. The van der Waals surface area contributed by atoms with Gasteiger partial charge in [0.25, 0.3) is 5.91 Å². The van der Waals surface area contributed by atoms with Crippen LogP contribution in [-0.2, 0) is 19.1 Å². The number of hydrogen-bond donors (Lipinski definition) is 2. The van der Waals surface area contributed by atoms with Crippen LogP contribution in [0.1, 0.15) is 12.8 Å². The number of thioether (sulfide) groups is 1. The molecule has 1 heterocycles. The molecule has 1 aromatic rings. The minimum Gasteiger partial charge on any atom is -0.478 e. The smallest absolute Gasteiger partial charge is 0.328 e. The van der Waals surface area contributed by atoms with Gasteiger partial charge in [-0.25, -0.2) is 4.79 Å². The summed E-state index contributed by atoms with van der Waals surface area (Å²) in [6.07, 6.45) is 1.26. The lowest BCUT2D eigenvalue weighted by molar-refractivity contribution is -0.145. The Bertz CT molecular complexity index is 622. The Kier molecular flexibility index (Phi) is 6.48. The highest BCUT2D eigenvalue weighted by molar-refractivity contribution is 7.98. The molecule has 8 heteroatoms. The second kappa shape index (κ2) is 8.58. The zero-order chi connectivity index (χ0) is 17.5. The van der Waals surface area contributed by atoms with Gasteiger partial charge in [0.2, 0.25) is 5.91 Å². The molecular formula is C16H20N2O5S. The van der Waals surface area contributed by atoms with E-state index in [1.165, 1.54) is 7.11 Å². The van der Waals surface area contributed by atoms with Crippen molar-refractivity contribution in [1.29, 1.82) is 0 Å². The number of carbonyl (C=O) groups excluding carboxylic acids is 3. The first-order chi connectivity index (χ1) is 11.5. The Balaban J connectivity index is 1.96. The molecule has 24 heavy (non-hydrogen) atoms. The van der Waals surface area contributed by atoms with Crippen molar-refractivity contribution in [1.82, 2.24) is 5.32 Å². The van der Waals surface area contributed by atoms with Crippen LogP contribution in [0, 0.1) is 0 Å². The van der Waals surface area contributed by atoms with Crippen molar-refractivity contribution in [2.24, 2.45) is 0 Å². The fraction of sp³-hybridized carbons (Fsp3) is 0.438. The first kappa shape index (κ1) is 18.1. The summed E-state index contributed by atoms with van der Waals surface area (Å²) in [7, 11) is 1.27. The third-order valence-corrected chi connectivity index (χ3v) is 4.15. The Morgan fingerprint density at radius 3 is 2.88 bits per heavy atom. The van der Waals surface area contributed by atoms with E-state index in [1.807, 2.05) is 6.26 Å². The van der Waals surface area contributed by atoms with Crippen LogP contribution in [0.15, 0.2) is 24.3 Å². The third-order valence-electron chi connectivity index (χ3n) is 3.51. The van der Waals surface area contributed by atoms with Crippen molar-refractivity contribution in [3.8, 4) is 5.75 Å². The van der Waals surface area contributed by atoms with E-state index in [1.54, 1.807) is 36.0 Å². The predicted molar refractivity (Wildman–Crippen MR) is 91.1 cm³/mol. The summed E-state index contributed by atoms with van der Waals surface area (Å²) in [5, 5.41) is 5.31. The lowest BCUT2D eigenvalue weighted by Crippen LogP contribution is -2.46. The highest BCUT2D eigenvalue weighted by Gasteiger charge is 2.31. The first-order valence-corrected chi connectivity index (χ1v) is 8.87. The van der Waals surface area contributed by atoms with Gasteiger partial charge < -0.3 is 20.1 Å². The van der Waals surface area contributed by atoms with E-state index in [0.717, 1.165) is 0 Å². The summed E-state index contributed by atoms with van der Waals surface area (Å²) in [6, 6.07) is 6.27. The minimum atomic E-state index is -0.932. The monoisotopic (exact) mass is 352 g/mol. The number of amides is 2. The Morgan fingerprint density at radius 1 is 1.42 bits per heavy atom. The van der Waals surface area contributed by atoms with E-state index >= 15 is 0 Å². The van der Waals surface area contributed by atoms with Crippen molar-refractivity contribution >= 4 is 35.2 Å². The van der Waals surface area contributed by atoms with Gasteiger partial charge >= 0.3 is 5.97 Å². The molecule has 0 spiro atoms. The maximum atomic E-state index is 12.2. The molecule has 0 saturated heterocycles. The molecule has 2 amide bonds. The standard InChI is InChI=1S/C16H20N2O5S/c1-22-16(21)11(7-8-24-2)17-14(19)9-13-15(20)18-10-5-3-4-6-12(10)23-13/h3-6,11,13H,7-9H2,1-2H3,(H,17,19)(H,18,20)/t11-,13+/m1/s1. The van der Waals surface area contributed by atoms with Gasteiger partial charge in [0.1, 0.15) is 11.8 Å². The normalized spacial score (nSPS) is 17.1. The number of fused-ring (bicyclic) bond motifs is 1. The van der Waals surface area contributed by atoms with Gasteiger partial charge in [-0.15, -0.1) is 0 Å². The second-order valence-corrected chi connectivity index (χ2v) is 6.21. The topological polar surface area (TPSA) is 93.7 Å². The van der Waals surface area contributed by atoms with Gasteiger partial charge in [-0.3, -0.25) is 9.59 Å². The Labute approximate surface area is 144 Å². The van der Waals surface area contributed by atoms with Crippen LogP contribution in [-0.4, -0.2) is 49.0 Å². The van der Waals surface area contributed by atoms with Crippen LogP contribution in [0.4, 0.5) is 5.69 Å². The molecule has 0 aromatic heterocycles. The summed E-state index contributed by atoms with van der Waals surface area (Å²) in [4.78, 5) is 35.9. The molecule has 0 radical (unpaired) electrons. The molecule has 0 bridgehead atoms. The van der Waals surface area contributed by atoms with Crippen molar-refractivity contribution < 1.29 is 23.9 Å². The Morgan fingerprint density at radius 2 is 2.17 bits per heavy atom. The number of rotatable bonds is 7. The molecule has 2 atom stereocenters. The average Bonchev–Trinajstić information content (AvgIpc) is 2.58.